The average Bonchev–Trinajstić information content (AvgIpc) is 2.37. The molecule has 1 saturated heterocycles. The molecule has 1 aromatic heterocycles. The maximum absolute atomic E-state index is 10.7. The molecule has 0 aromatic carbocycles. The van der Waals surface area contributed by atoms with Crippen molar-refractivity contribution in [1.29, 1.82) is 0 Å². The van der Waals surface area contributed by atoms with Crippen LogP contribution in [0.4, 0.5) is 5.82 Å². The van der Waals surface area contributed by atoms with Crippen molar-refractivity contribution in [3.8, 4) is 0 Å². The lowest BCUT2D eigenvalue weighted by Gasteiger charge is -2.35. The molecule has 0 bridgehead atoms. The van der Waals surface area contributed by atoms with Crippen LogP contribution in [0.25, 0.3) is 0 Å². The molecule has 21 heavy (non-hydrogen) atoms. The highest BCUT2D eigenvalue weighted by Gasteiger charge is 2.24. The molecule has 2 heterocycles. The molecule has 6 nitrogen and oxygen atoms in total. The zero-order chi connectivity index (χ0) is 15.4. The third-order valence-electron chi connectivity index (χ3n) is 3.15. The summed E-state index contributed by atoms with van der Waals surface area (Å²) in [6.45, 7) is 2.37. The molecule has 0 saturated carbocycles. The Labute approximate surface area is 133 Å². The average molecular weight is 334 g/mol. The predicted octanol–water partition coefficient (Wildman–Crippen LogP) is 1.61. The van der Waals surface area contributed by atoms with Crippen LogP contribution in [0, 0.1) is 0 Å². The lowest BCUT2D eigenvalue weighted by molar-refractivity contribution is -0.138. The summed E-state index contributed by atoms with van der Waals surface area (Å²) in [4.78, 5) is 18.7. The zero-order valence-corrected chi connectivity index (χ0v) is 13.1. The predicted molar refractivity (Wildman–Crippen MR) is 81.3 cm³/mol. The molecule has 1 aromatic rings. The van der Waals surface area contributed by atoms with E-state index in [0.717, 1.165) is 0 Å². The minimum absolute atomic E-state index is 0.0141. The number of carboxylic acids is 1. The summed E-state index contributed by atoms with van der Waals surface area (Å²) in [5.74, 6) is -0.178. The fraction of sp³-hybridized carbons (Fsp3) is 0.538. The number of ether oxygens (including phenoxy) is 1. The van der Waals surface area contributed by atoms with Gasteiger partial charge < -0.3 is 14.7 Å². The molecule has 0 radical (unpaired) electrons. The van der Waals surface area contributed by atoms with Crippen molar-refractivity contribution in [2.75, 3.05) is 44.7 Å². The van der Waals surface area contributed by atoms with E-state index in [1.807, 2.05) is 4.90 Å². The van der Waals surface area contributed by atoms with Gasteiger partial charge in [-0.05, 0) is 13.1 Å². The van der Waals surface area contributed by atoms with E-state index >= 15 is 0 Å². The summed E-state index contributed by atoms with van der Waals surface area (Å²) in [5, 5.41) is 9.77. The molecular weight excluding hydrogens is 317 g/mol. The molecular formula is C13H17Cl2N3O3. The van der Waals surface area contributed by atoms with Crippen LogP contribution in [0.15, 0.2) is 12.3 Å². The first-order chi connectivity index (χ1) is 9.95. The number of halogens is 2. The molecule has 0 amide bonds. The van der Waals surface area contributed by atoms with Gasteiger partial charge in [-0.3, -0.25) is 9.69 Å². The SMILES string of the molecule is CN(CC(=O)O)CC1CN(c2ncc(Cl)cc2Cl)CCO1. The van der Waals surface area contributed by atoms with Gasteiger partial charge in [0.25, 0.3) is 0 Å². The highest BCUT2D eigenvalue weighted by atomic mass is 35.5. The van der Waals surface area contributed by atoms with Crippen LogP contribution in [0.1, 0.15) is 0 Å². The smallest absolute Gasteiger partial charge is 0.317 e. The first kappa shape index (κ1) is 16.3. The van der Waals surface area contributed by atoms with E-state index in [0.29, 0.717) is 42.1 Å². The van der Waals surface area contributed by atoms with Gasteiger partial charge in [0.05, 0.1) is 29.3 Å². The van der Waals surface area contributed by atoms with E-state index in [1.165, 1.54) is 0 Å². The Kier molecular flexibility index (Phi) is 5.64. The molecule has 116 valence electrons. The summed E-state index contributed by atoms with van der Waals surface area (Å²) in [5.41, 5.74) is 0. The minimum Gasteiger partial charge on any atom is -0.480 e. The molecule has 0 aliphatic carbocycles. The molecule has 1 atom stereocenters. The van der Waals surface area contributed by atoms with Crippen LogP contribution < -0.4 is 4.90 Å². The van der Waals surface area contributed by atoms with Crippen molar-refractivity contribution in [1.82, 2.24) is 9.88 Å². The first-order valence-corrected chi connectivity index (χ1v) is 7.29. The summed E-state index contributed by atoms with van der Waals surface area (Å²) in [6.07, 6.45) is 1.47. The van der Waals surface area contributed by atoms with Crippen molar-refractivity contribution in [2.45, 2.75) is 6.10 Å². The lowest BCUT2D eigenvalue weighted by atomic mass is 10.2. The fourth-order valence-corrected chi connectivity index (χ4v) is 2.80. The Hall–Kier alpha value is -1.08. The van der Waals surface area contributed by atoms with Gasteiger partial charge in [-0.1, -0.05) is 23.2 Å². The first-order valence-electron chi connectivity index (χ1n) is 6.53. The summed E-state index contributed by atoms with van der Waals surface area (Å²) in [7, 11) is 1.75. The quantitative estimate of drug-likeness (QED) is 0.883. The van der Waals surface area contributed by atoms with Gasteiger partial charge in [-0.2, -0.15) is 0 Å². The second kappa shape index (κ2) is 7.26. The number of carbonyl (C=O) groups is 1. The van der Waals surface area contributed by atoms with Crippen LogP contribution in [0.3, 0.4) is 0 Å². The van der Waals surface area contributed by atoms with Gasteiger partial charge in [0.15, 0.2) is 0 Å². The lowest BCUT2D eigenvalue weighted by Crippen LogP contribution is -2.48. The van der Waals surface area contributed by atoms with Crippen LogP contribution in [0.2, 0.25) is 10.0 Å². The van der Waals surface area contributed by atoms with Crippen molar-refractivity contribution in [3.63, 3.8) is 0 Å². The Morgan fingerprint density at radius 1 is 1.62 bits per heavy atom. The molecule has 1 aliphatic rings. The number of aliphatic carboxylic acids is 1. The van der Waals surface area contributed by atoms with Crippen molar-refractivity contribution < 1.29 is 14.6 Å². The summed E-state index contributed by atoms with van der Waals surface area (Å²) in [6, 6.07) is 1.66. The van der Waals surface area contributed by atoms with E-state index in [9.17, 15) is 4.79 Å². The van der Waals surface area contributed by atoms with Crippen LogP contribution in [-0.2, 0) is 9.53 Å². The van der Waals surface area contributed by atoms with E-state index < -0.39 is 5.97 Å². The highest BCUT2D eigenvalue weighted by molar-refractivity contribution is 6.36. The molecule has 2 rings (SSSR count). The highest BCUT2D eigenvalue weighted by Crippen LogP contribution is 2.27. The number of pyridine rings is 1. The largest absolute Gasteiger partial charge is 0.480 e. The fourth-order valence-electron chi connectivity index (χ4n) is 2.31. The van der Waals surface area contributed by atoms with E-state index in [-0.39, 0.29) is 12.6 Å². The van der Waals surface area contributed by atoms with Gasteiger partial charge in [0, 0.05) is 25.8 Å². The van der Waals surface area contributed by atoms with Crippen molar-refractivity contribution in [3.05, 3.63) is 22.3 Å². The Morgan fingerprint density at radius 2 is 2.38 bits per heavy atom. The number of likely N-dealkylation sites (N-methyl/N-ethyl adjacent to an activating group) is 1. The summed E-state index contributed by atoms with van der Waals surface area (Å²) < 4.78 is 5.67. The van der Waals surface area contributed by atoms with Gasteiger partial charge >= 0.3 is 5.97 Å². The number of aromatic nitrogens is 1. The van der Waals surface area contributed by atoms with Gasteiger partial charge in [0.2, 0.25) is 0 Å². The third kappa shape index (κ3) is 4.71. The van der Waals surface area contributed by atoms with Crippen molar-refractivity contribution >= 4 is 35.0 Å². The van der Waals surface area contributed by atoms with E-state index in [1.54, 1.807) is 24.2 Å². The number of carboxylic acid groups (broad SMARTS) is 1. The third-order valence-corrected chi connectivity index (χ3v) is 3.63. The molecule has 1 fully saturated rings. The van der Waals surface area contributed by atoms with Crippen LogP contribution >= 0.6 is 23.2 Å². The number of morpholine rings is 1. The van der Waals surface area contributed by atoms with Crippen molar-refractivity contribution in [2.24, 2.45) is 0 Å². The molecule has 0 spiro atoms. The number of hydrogen-bond acceptors (Lipinski definition) is 5. The standard InChI is InChI=1S/C13H17Cl2N3O3/c1-17(8-12(19)20)6-10-7-18(2-3-21-10)13-11(15)4-9(14)5-16-13/h4-5,10H,2-3,6-8H2,1H3,(H,19,20). The molecule has 8 heteroatoms. The number of anilines is 1. The number of nitrogens with zero attached hydrogens (tertiary/aromatic N) is 3. The second-order valence-electron chi connectivity index (χ2n) is 4.99. The zero-order valence-electron chi connectivity index (χ0n) is 11.6. The molecule has 1 N–H and O–H groups in total. The maximum Gasteiger partial charge on any atom is 0.317 e. The van der Waals surface area contributed by atoms with E-state index in [2.05, 4.69) is 4.98 Å². The summed E-state index contributed by atoms with van der Waals surface area (Å²) >= 11 is 12.0. The van der Waals surface area contributed by atoms with E-state index in [4.69, 9.17) is 33.0 Å². The van der Waals surface area contributed by atoms with Crippen LogP contribution in [-0.4, -0.2) is 66.9 Å². The maximum atomic E-state index is 10.7. The Bertz CT molecular complexity index is 515. The van der Waals surface area contributed by atoms with Gasteiger partial charge in [0.1, 0.15) is 5.82 Å². The Balaban J connectivity index is 1.98. The topological polar surface area (TPSA) is 65.9 Å². The normalized spacial score (nSPS) is 19.0. The second-order valence-corrected chi connectivity index (χ2v) is 5.83. The molecule has 1 unspecified atom stereocenters. The van der Waals surface area contributed by atoms with Gasteiger partial charge in [-0.15, -0.1) is 0 Å². The Morgan fingerprint density at radius 3 is 3.05 bits per heavy atom. The van der Waals surface area contributed by atoms with Gasteiger partial charge in [-0.25, -0.2) is 4.98 Å². The molecule has 1 aliphatic heterocycles. The number of hydrogen-bond donors (Lipinski definition) is 1. The minimum atomic E-state index is -0.854. The number of rotatable bonds is 5. The van der Waals surface area contributed by atoms with Crippen LogP contribution in [0.5, 0.6) is 0 Å². The monoisotopic (exact) mass is 333 g/mol.